The molecule has 2 aromatic carbocycles. The number of carbonyl (C=O) groups excluding carboxylic acids is 1. The van der Waals surface area contributed by atoms with Crippen molar-refractivity contribution >= 4 is 5.97 Å². The predicted molar refractivity (Wildman–Crippen MR) is 166 cm³/mol. The summed E-state index contributed by atoms with van der Waals surface area (Å²) < 4.78 is 31.7. The van der Waals surface area contributed by atoms with E-state index in [-0.39, 0.29) is 17.9 Å². The lowest BCUT2D eigenvalue weighted by atomic mass is 10.0. The number of carbonyl (C=O) groups is 1. The maximum absolute atomic E-state index is 14.6. The molecule has 0 fully saturated rings. The molecule has 0 aromatic heterocycles. The van der Waals surface area contributed by atoms with Crippen molar-refractivity contribution in [1.29, 1.82) is 0 Å². The molecule has 0 saturated heterocycles. The fourth-order valence-electron chi connectivity index (χ4n) is 4.70. The highest BCUT2D eigenvalue weighted by molar-refractivity contribution is 5.92. The fraction of sp³-hybridized carbons (Fsp3) is 0.472. The van der Waals surface area contributed by atoms with Crippen LogP contribution in [0.3, 0.4) is 0 Å². The van der Waals surface area contributed by atoms with Gasteiger partial charge < -0.3 is 14.2 Å². The Labute approximate surface area is 246 Å². The van der Waals surface area contributed by atoms with Gasteiger partial charge in [-0.1, -0.05) is 95.6 Å². The summed E-state index contributed by atoms with van der Waals surface area (Å²) in [6, 6.07) is 12.6. The molecule has 5 heteroatoms. The van der Waals surface area contributed by atoms with Gasteiger partial charge in [0.2, 0.25) is 0 Å². The van der Waals surface area contributed by atoms with Crippen molar-refractivity contribution in [3.05, 3.63) is 83.9 Å². The number of ether oxygens (including phenoxy) is 3. The van der Waals surface area contributed by atoms with E-state index in [0.29, 0.717) is 30.1 Å². The summed E-state index contributed by atoms with van der Waals surface area (Å²) in [6.45, 7) is 6.89. The van der Waals surface area contributed by atoms with Gasteiger partial charge in [0.25, 0.3) is 0 Å². The lowest BCUT2D eigenvalue weighted by molar-refractivity contribution is -0.143. The van der Waals surface area contributed by atoms with Crippen LogP contribution in [0.4, 0.5) is 4.39 Å². The fourth-order valence-corrected chi connectivity index (χ4v) is 4.70. The lowest BCUT2D eigenvalue weighted by Gasteiger charge is -2.15. The molecule has 2 aromatic rings. The van der Waals surface area contributed by atoms with Crippen molar-refractivity contribution in [1.82, 2.24) is 0 Å². The summed E-state index contributed by atoms with van der Waals surface area (Å²) in [5, 5.41) is 0. The molecule has 1 atom stereocenters. The monoisotopic (exact) mass is 562 g/mol. The summed E-state index contributed by atoms with van der Waals surface area (Å²) in [5.41, 5.74) is 3.22. The summed E-state index contributed by atoms with van der Waals surface area (Å²) in [7, 11) is 0. The third-order valence-electron chi connectivity index (χ3n) is 7.26. The van der Waals surface area contributed by atoms with Gasteiger partial charge in [-0.3, -0.25) is 0 Å². The van der Waals surface area contributed by atoms with E-state index in [0.717, 1.165) is 42.4 Å². The van der Waals surface area contributed by atoms with Crippen LogP contribution in [0.25, 0.3) is 11.1 Å². The minimum Gasteiger partial charge on any atom is -0.491 e. The van der Waals surface area contributed by atoms with E-state index in [1.807, 2.05) is 49.4 Å². The summed E-state index contributed by atoms with van der Waals surface area (Å²) in [6.07, 6.45) is 20.4. The van der Waals surface area contributed by atoms with Gasteiger partial charge in [0.1, 0.15) is 5.75 Å². The molecule has 0 aliphatic heterocycles. The highest BCUT2D eigenvalue weighted by Crippen LogP contribution is 2.28. The van der Waals surface area contributed by atoms with Crippen LogP contribution < -0.4 is 9.47 Å². The van der Waals surface area contributed by atoms with Crippen LogP contribution in [0.15, 0.2) is 78.1 Å². The Morgan fingerprint density at radius 2 is 1.56 bits per heavy atom. The minimum absolute atomic E-state index is 0.0745. The van der Waals surface area contributed by atoms with Gasteiger partial charge in [-0.2, -0.15) is 0 Å². The standard InChI is InChI=1S/C36H47FO4/c1-4-6-8-10-11-13-25-39-35-24-21-32(26-34(35)37)30-19-22-33(23-20-30)40-27-29-15-17-31(18-16-29)36(38)41-28(3)14-12-9-7-5-2/h15,17-24,26-28H,4-14,16,25H2,1-3H3. The van der Waals surface area contributed by atoms with E-state index in [4.69, 9.17) is 14.2 Å². The maximum Gasteiger partial charge on any atom is 0.338 e. The smallest absolute Gasteiger partial charge is 0.338 e. The molecule has 1 aliphatic rings. The normalized spacial score (nSPS) is 14.5. The van der Waals surface area contributed by atoms with Gasteiger partial charge in [0.15, 0.2) is 11.6 Å². The molecule has 3 rings (SSSR count). The second-order valence-corrected chi connectivity index (χ2v) is 10.9. The molecule has 0 bridgehead atoms. The van der Waals surface area contributed by atoms with Gasteiger partial charge in [-0.25, -0.2) is 9.18 Å². The van der Waals surface area contributed by atoms with Crippen LogP contribution in [0.1, 0.15) is 97.8 Å². The molecule has 0 saturated carbocycles. The first kappa shape index (κ1) is 32.2. The van der Waals surface area contributed by atoms with E-state index >= 15 is 0 Å². The Kier molecular flexibility index (Phi) is 14.3. The molecule has 1 unspecified atom stereocenters. The topological polar surface area (TPSA) is 44.8 Å². The van der Waals surface area contributed by atoms with Crippen LogP contribution in [-0.4, -0.2) is 18.7 Å². The Balaban J connectivity index is 1.43. The first-order chi connectivity index (χ1) is 20.0. The van der Waals surface area contributed by atoms with Crippen LogP contribution >= 0.6 is 0 Å². The zero-order valence-electron chi connectivity index (χ0n) is 25.1. The quantitative estimate of drug-likeness (QED) is 0.103. The number of unbranched alkanes of at least 4 members (excludes halogenated alkanes) is 8. The molecule has 0 amide bonds. The van der Waals surface area contributed by atoms with Crippen LogP contribution in [-0.2, 0) is 9.53 Å². The molecule has 0 radical (unpaired) electrons. The third-order valence-corrected chi connectivity index (χ3v) is 7.26. The zero-order chi connectivity index (χ0) is 29.3. The van der Waals surface area contributed by atoms with Gasteiger partial charge >= 0.3 is 5.97 Å². The second kappa shape index (κ2) is 18.2. The number of rotatable bonds is 18. The third kappa shape index (κ3) is 11.6. The molecular weight excluding hydrogens is 515 g/mol. The molecule has 41 heavy (non-hydrogen) atoms. The van der Waals surface area contributed by atoms with E-state index < -0.39 is 0 Å². The largest absolute Gasteiger partial charge is 0.491 e. The summed E-state index contributed by atoms with van der Waals surface area (Å²) in [4.78, 5) is 12.4. The van der Waals surface area contributed by atoms with Crippen LogP contribution in [0.5, 0.6) is 11.5 Å². The number of esters is 1. The Morgan fingerprint density at radius 3 is 2.24 bits per heavy atom. The van der Waals surface area contributed by atoms with Crippen LogP contribution in [0.2, 0.25) is 0 Å². The van der Waals surface area contributed by atoms with Crippen molar-refractivity contribution in [2.75, 3.05) is 6.61 Å². The van der Waals surface area contributed by atoms with Crippen molar-refractivity contribution in [3.8, 4) is 22.6 Å². The molecule has 0 heterocycles. The molecule has 222 valence electrons. The van der Waals surface area contributed by atoms with Crippen molar-refractivity contribution < 1.29 is 23.4 Å². The predicted octanol–water partition coefficient (Wildman–Crippen LogP) is 10.3. The van der Waals surface area contributed by atoms with E-state index in [1.165, 1.54) is 51.0 Å². The summed E-state index contributed by atoms with van der Waals surface area (Å²) >= 11 is 0. The first-order valence-corrected chi connectivity index (χ1v) is 15.5. The first-order valence-electron chi connectivity index (χ1n) is 15.5. The number of allylic oxidation sites excluding steroid dienone is 3. The lowest BCUT2D eigenvalue weighted by Crippen LogP contribution is -2.16. The van der Waals surface area contributed by atoms with Crippen molar-refractivity contribution in [2.45, 2.75) is 104 Å². The van der Waals surface area contributed by atoms with E-state index in [2.05, 4.69) is 13.8 Å². The maximum atomic E-state index is 14.6. The Bertz CT molecular complexity index is 1160. The molecule has 0 spiro atoms. The van der Waals surface area contributed by atoms with E-state index in [9.17, 15) is 9.18 Å². The Morgan fingerprint density at radius 1 is 0.878 bits per heavy atom. The summed E-state index contributed by atoms with van der Waals surface area (Å²) in [5.74, 6) is 0.367. The molecule has 1 aliphatic carbocycles. The number of benzene rings is 2. The van der Waals surface area contributed by atoms with Gasteiger partial charge in [-0.05, 0) is 79.6 Å². The SMILES string of the molecule is CCCCCCCCOc1ccc(-c2ccc(OC=C3C=CC(C(=O)OC(C)CCCCCC)=CC3)cc2)cc1F. The van der Waals surface area contributed by atoms with Gasteiger partial charge in [0, 0.05) is 0 Å². The highest BCUT2D eigenvalue weighted by atomic mass is 19.1. The number of halogens is 1. The molecular formula is C36H47FO4. The average Bonchev–Trinajstić information content (AvgIpc) is 2.99. The second-order valence-electron chi connectivity index (χ2n) is 10.9. The van der Waals surface area contributed by atoms with Gasteiger partial charge in [0.05, 0.1) is 24.5 Å². The Hall–Kier alpha value is -3.34. The van der Waals surface area contributed by atoms with Crippen molar-refractivity contribution in [3.63, 3.8) is 0 Å². The zero-order valence-corrected chi connectivity index (χ0v) is 25.1. The highest BCUT2D eigenvalue weighted by Gasteiger charge is 2.15. The molecule has 0 N–H and O–H groups in total. The van der Waals surface area contributed by atoms with Crippen molar-refractivity contribution in [2.24, 2.45) is 0 Å². The molecule has 4 nitrogen and oxygen atoms in total. The van der Waals surface area contributed by atoms with Gasteiger partial charge in [-0.15, -0.1) is 0 Å². The average molecular weight is 563 g/mol. The van der Waals surface area contributed by atoms with Crippen LogP contribution in [0, 0.1) is 5.82 Å². The number of hydrogen-bond donors (Lipinski definition) is 0. The number of hydrogen-bond acceptors (Lipinski definition) is 4. The van der Waals surface area contributed by atoms with E-state index in [1.54, 1.807) is 18.4 Å². The minimum atomic E-state index is -0.347.